The van der Waals surface area contributed by atoms with Gasteiger partial charge in [0, 0.05) is 18.0 Å². The molecular formula is C15H21NO3S. The number of β-amino-alcohol motifs (C(OH)–C–C–N with tert-alkyl or cyclic N) is 1. The SMILES string of the molecule is O=C(c1cc2c(s1)CCCCC2)N1CC[C@H](O)[C@@H](O)C1. The number of aryl methyl sites for hydroxylation is 2. The van der Waals surface area contributed by atoms with Crippen molar-refractivity contribution in [3.63, 3.8) is 0 Å². The Bertz CT molecular complexity index is 476. The second-order valence-electron chi connectivity index (χ2n) is 5.79. The van der Waals surface area contributed by atoms with Crippen LogP contribution in [0.1, 0.15) is 45.8 Å². The van der Waals surface area contributed by atoms with Gasteiger partial charge < -0.3 is 15.1 Å². The Morgan fingerprint density at radius 2 is 2.00 bits per heavy atom. The third kappa shape index (κ3) is 2.75. The van der Waals surface area contributed by atoms with Crippen LogP contribution < -0.4 is 0 Å². The maximum atomic E-state index is 12.5. The first kappa shape index (κ1) is 14.0. The maximum absolute atomic E-state index is 12.5. The van der Waals surface area contributed by atoms with Gasteiger partial charge in [-0.2, -0.15) is 0 Å². The molecule has 2 atom stereocenters. The lowest BCUT2D eigenvalue weighted by molar-refractivity contribution is -0.0320. The van der Waals surface area contributed by atoms with Crippen molar-refractivity contribution in [2.45, 2.75) is 50.7 Å². The van der Waals surface area contributed by atoms with Crippen molar-refractivity contribution in [1.29, 1.82) is 0 Å². The Morgan fingerprint density at radius 3 is 2.80 bits per heavy atom. The number of fused-ring (bicyclic) bond motifs is 1. The predicted octanol–water partition coefficient (Wildman–Crippen LogP) is 1.58. The number of thiophene rings is 1. The molecule has 5 heteroatoms. The molecule has 0 saturated carbocycles. The number of hydrogen-bond acceptors (Lipinski definition) is 4. The summed E-state index contributed by atoms with van der Waals surface area (Å²) >= 11 is 1.62. The highest BCUT2D eigenvalue weighted by Crippen LogP contribution is 2.30. The van der Waals surface area contributed by atoms with E-state index >= 15 is 0 Å². The van der Waals surface area contributed by atoms with Crippen molar-refractivity contribution < 1.29 is 15.0 Å². The van der Waals surface area contributed by atoms with Crippen LogP contribution in [0.25, 0.3) is 0 Å². The van der Waals surface area contributed by atoms with E-state index in [1.165, 1.54) is 29.7 Å². The van der Waals surface area contributed by atoms with Gasteiger partial charge in [0.2, 0.25) is 0 Å². The van der Waals surface area contributed by atoms with Crippen molar-refractivity contribution in [2.24, 2.45) is 0 Å². The van der Waals surface area contributed by atoms with E-state index in [9.17, 15) is 15.0 Å². The van der Waals surface area contributed by atoms with E-state index in [1.807, 2.05) is 6.07 Å². The lowest BCUT2D eigenvalue weighted by Crippen LogP contribution is -2.48. The zero-order valence-electron chi connectivity index (χ0n) is 11.5. The fourth-order valence-electron chi connectivity index (χ4n) is 3.03. The van der Waals surface area contributed by atoms with Crippen molar-refractivity contribution in [1.82, 2.24) is 4.90 Å². The van der Waals surface area contributed by atoms with Gasteiger partial charge >= 0.3 is 0 Å². The first-order valence-electron chi connectivity index (χ1n) is 7.42. The van der Waals surface area contributed by atoms with E-state index in [0.29, 0.717) is 13.0 Å². The number of rotatable bonds is 1. The van der Waals surface area contributed by atoms with E-state index in [2.05, 4.69) is 0 Å². The maximum Gasteiger partial charge on any atom is 0.264 e. The van der Waals surface area contributed by atoms with Crippen molar-refractivity contribution >= 4 is 17.2 Å². The molecule has 2 heterocycles. The minimum absolute atomic E-state index is 0.00836. The molecule has 20 heavy (non-hydrogen) atoms. The Kier molecular flexibility index (Phi) is 4.10. The molecule has 1 saturated heterocycles. The molecule has 4 nitrogen and oxygen atoms in total. The standard InChI is InChI=1S/C15H21NO3S/c17-11-6-7-16(9-12(11)18)15(19)14-8-10-4-2-1-3-5-13(10)20-14/h8,11-12,17-18H,1-7,9H2/t11-,12-/m0/s1. The minimum atomic E-state index is -0.814. The number of likely N-dealkylation sites (tertiary alicyclic amines) is 1. The molecule has 0 radical (unpaired) electrons. The molecule has 1 amide bonds. The topological polar surface area (TPSA) is 60.8 Å². The molecule has 2 N–H and O–H groups in total. The van der Waals surface area contributed by atoms with Crippen LogP contribution in [0.3, 0.4) is 0 Å². The number of aliphatic hydroxyl groups excluding tert-OH is 2. The summed E-state index contributed by atoms with van der Waals surface area (Å²) < 4.78 is 0. The lowest BCUT2D eigenvalue weighted by atomic mass is 10.0. The summed E-state index contributed by atoms with van der Waals surface area (Å²) in [5, 5.41) is 19.2. The summed E-state index contributed by atoms with van der Waals surface area (Å²) in [6.45, 7) is 0.766. The van der Waals surface area contributed by atoms with Gasteiger partial charge in [-0.3, -0.25) is 4.79 Å². The third-order valence-electron chi connectivity index (χ3n) is 4.29. The highest BCUT2D eigenvalue weighted by molar-refractivity contribution is 7.14. The molecule has 0 spiro atoms. The van der Waals surface area contributed by atoms with Crippen molar-refractivity contribution in [3.8, 4) is 0 Å². The van der Waals surface area contributed by atoms with Crippen molar-refractivity contribution in [2.75, 3.05) is 13.1 Å². The monoisotopic (exact) mass is 295 g/mol. The summed E-state index contributed by atoms with van der Waals surface area (Å²) in [5.41, 5.74) is 1.34. The average molecular weight is 295 g/mol. The van der Waals surface area contributed by atoms with Gasteiger partial charge in [0.25, 0.3) is 5.91 Å². The molecule has 2 aliphatic rings. The van der Waals surface area contributed by atoms with Crippen LogP contribution in [0.5, 0.6) is 0 Å². The van der Waals surface area contributed by atoms with Crippen LogP contribution >= 0.6 is 11.3 Å². The van der Waals surface area contributed by atoms with Crippen LogP contribution in [-0.4, -0.2) is 46.3 Å². The Labute approximate surface area is 123 Å². The summed E-state index contributed by atoms with van der Waals surface area (Å²) in [5.74, 6) is 0.00836. The fraction of sp³-hybridized carbons (Fsp3) is 0.667. The molecule has 1 aromatic rings. The Balaban J connectivity index is 1.74. The van der Waals surface area contributed by atoms with Crippen LogP contribution in [0, 0.1) is 0 Å². The molecule has 1 aliphatic carbocycles. The molecule has 3 rings (SSSR count). The van der Waals surface area contributed by atoms with Crippen LogP contribution in [0.15, 0.2) is 6.07 Å². The van der Waals surface area contributed by atoms with Gasteiger partial charge in [-0.25, -0.2) is 0 Å². The fourth-order valence-corrected chi connectivity index (χ4v) is 4.25. The number of hydrogen-bond donors (Lipinski definition) is 2. The molecule has 1 aliphatic heterocycles. The summed E-state index contributed by atoms with van der Waals surface area (Å²) in [4.78, 5) is 16.3. The number of amides is 1. The second-order valence-corrected chi connectivity index (χ2v) is 6.93. The summed E-state index contributed by atoms with van der Waals surface area (Å²) in [6.07, 6.45) is 4.83. The van der Waals surface area contributed by atoms with Gasteiger partial charge in [-0.05, 0) is 43.7 Å². The molecular weight excluding hydrogens is 274 g/mol. The number of carbonyl (C=O) groups is 1. The van der Waals surface area contributed by atoms with Crippen LogP contribution in [0.2, 0.25) is 0 Å². The highest BCUT2D eigenvalue weighted by Gasteiger charge is 2.30. The van der Waals surface area contributed by atoms with E-state index in [0.717, 1.165) is 17.7 Å². The average Bonchev–Trinajstić information content (AvgIpc) is 2.72. The van der Waals surface area contributed by atoms with Gasteiger partial charge in [0.05, 0.1) is 17.1 Å². The first-order chi connectivity index (χ1) is 9.65. The van der Waals surface area contributed by atoms with Gasteiger partial charge in [0.15, 0.2) is 0 Å². The summed E-state index contributed by atoms with van der Waals surface area (Å²) in [7, 11) is 0. The number of nitrogens with zero attached hydrogens (tertiary/aromatic N) is 1. The number of carbonyl (C=O) groups excluding carboxylic acids is 1. The van der Waals surface area contributed by atoms with Gasteiger partial charge in [-0.1, -0.05) is 6.42 Å². The first-order valence-corrected chi connectivity index (χ1v) is 8.24. The molecule has 0 unspecified atom stereocenters. The van der Waals surface area contributed by atoms with Gasteiger partial charge in [-0.15, -0.1) is 11.3 Å². The molecule has 0 bridgehead atoms. The largest absolute Gasteiger partial charge is 0.390 e. The molecule has 1 fully saturated rings. The van der Waals surface area contributed by atoms with E-state index in [-0.39, 0.29) is 12.5 Å². The van der Waals surface area contributed by atoms with Crippen LogP contribution in [-0.2, 0) is 12.8 Å². The van der Waals surface area contributed by atoms with Gasteiger partial charge in [0.1, 0.15) is 0 Å². The van der Waals surface area contributed by atoms with E-state index < -0.39 is 12.2 Å². The second kappa shape index (κ2) is 5.84. The molecule has 0 aromatic carbocycles. The highest BCUT2D eigenvalue weighted by atomic mass is 32.1. The Morgan fingerprint density at radius 1 is 1.20 bits per heavy atom. The van der Waals surface area contributed by atoms with Crippen molar-refractivity contribution in [3.05, 3.63) is 21.4 Å². The predicted molar refractivity (Wildman–Crippen MR) is 78.1 cm³/mol. The number of piperidine rings is 1. The van der Waals surface area contributed by atoms with E-state index in [4.69, 9.17) is 0 Å². The smallest absolute Gasteiger partial charge is 0.264 e. The third-order valence-corrected chi connectivity index (χ3v) is 5.52. The number of aliphatic hydroxyl groups is 2. The quantitative estimate of drug-likeness (QED) is 0.773. The Hall–Kier alpha value is -0.910. The van der Waals surface area contributed by atoms with E-state index in [1.54, 1.807) is 16.2 Å². The zero-order chi connectivity index (χ0) is 14.1. The normalized spacial score (nSPS) is 27.0. The lowest BCUT2D eigenvalue weighted by Gasteiger charge is -2.33. The van der Waals surface area contributed by atoms with Crippen LogP contribution in [0.4, 0.5) is 0 Å². The molecule has 110 valence electrons. The minimum Gasteiger partial charge on any atom is -0.390 e. The molecule has 1 aromatic heterocycles. The summed E-state index contributed by atoms with van der Waals surface area (Å²) in [6, 6.07) is 2.05. The zero-order valence-corrected chi connectivity index (χ0v) is 12.4.